The number of hydrogen-bond donors (Lipinski definition) is 0. The lowest BCUT2D eigenvalue weighted by atomic mass is 10.1. The van der Waals surface area contributed by atoms with Gasteiger partial charge in [-0.1, -0.05) is 65.8 Å². The van der Waals surface area contributed by atoms with Gasteiger partial charge < -0.3 is 8.97 Å². The van der Waals surface area contributed by atoms with Gasteiger partial charge >= 0.3 is 5.97 Å². The van der Waals surface area contributed by atoms with Crippen LogP contribution in [-0.4, -0.2) is 25.5 Å². The standard InChI is InChI=1S/C23H33NO2Si/c1-17(2)27(18(3)4,19(5)6)24-15-14-21(16-24)9-8-20-10-12-22(13-11-20)23(25)26-7/h8-19H,1-7H3/b9-8+. The molecule has 1 aromatic heterocycles. The first-order valence-corrected chi connectivity index (χ1v) is 12.0. The van der Waals surface area contributed by atoms with Crippen LogP contribution in [-0.2, 0) is 4.74 Å². The average Bonchev–Trinajstić information content (AvgIpc) is 3.08. The molecule has 0 atom stereocenters. The molecule has 0 spiro atoms. The van der Waals surface area contributed by atoms with Crippen molar-refractivity contribution in [2.45, 2.75) is 58.2 Å². The fourth-order valence-corrected chi connectivity index (χ4v) is 11.2. The number of nitrogens with zero attached hydrogens (tertiary/aromatic N) is 1. The van der Waals surface area contributed by atoms with Gasteiger partial charge in [0.15, 0.2) is 8.24 Å². The molecule has 0 radical (unpaired) electrons. The molecule has 0 amide bonds. The summed E-state index contributed by atoms with van der Waals surface area (Å²) < 4.78 is 7.29. The summed E-state index contributed by atoms with van der Waals surface area (Å²) in [4.78, 5) is 11.5. The van der Waals surface area contributed by atoms with Gasteiger partial charge in [-0.2, -0.15) is 0 Å². The van der Waals surface area contributed by atoms with E-state index >= 15 is 0 Å². The van der Waals surface area contributed by atoms with Crippen molar-refractivity contribution in [3.8, 4) is 0 Å². The summed E-state index contributed by atoms with van der Waals surface area (Å²) in [6.07, 6.45) is 8.81. The van der Waals surface area contributed by atoms with Crippen molar-refractivity contribution in [1.29, 1.82) is 0 Å². The maximum absolute atomic E-state index is 11.5. The van der Waals surface area contributed by atoms with Crippen LogP contribution in [0.1, 0.15) is 63.0 Å². The number of methoxy groups -OCH3 is 1. The Hall–Kier alpha value is -2.07. The van der Waals surface area contributed by atoms with Gasteiger partial charge in [0.2, 0.25) is 0 Å². The summed E-state index contributed by atoms with van der Waals surface area (Å²) in [7, 11) is -0.286. The van der Waals surface area contributed by atoms with E-state index in [-0.39, 0.29) is 5.97 Å². The summed E-state index contributed by atoms with van der Waals surface area (Å²) in [5.41, 5.74) is 4.87. The second-order valence-electron chi connectivity index (χ2n) is 8.15. The first-order valence-electron chi connectivity index (χ1n) is 9.78. The van der Waals surface area contributed by atoms with Crippen LogP contribution in [0.25, 0.3) is 12.2 Å². The molecule has 1 aromatic carbocycles. The fraction of sp³-hybridized carbons (Fsp3) is 0.435. The van der Waals surface area contributed by atoms with E-state index in [2.05, 4.69) is 76.4 Å². The average molecular weight is 384 g/mol. The maximum atomic E-state index is 11.5. The van der Waals surface area contributed by atoms with Gasteiger partial charge in [0.1, 0.15) is 0 Å². The number of benzene rings is 1. The van der Waals surface area contributed by atoms with E-state index in [1.54, 1.807) is 12.1 Å². The van der Waals surface area contributed by atoms with Crippen molar-refractivity contribution >= 4 is 26.4 Å². The van der Waals surface area contributed by atoms with Crippen molar-refractivity contribution in [2.75, 3.05) is 7.11 Å². The Balaban J connectivity index is 2.26. The molecular weight excluding hydrogens is 350 g/mol. The highest BCUT2D eigenvalue weighted by molar-refractivity contribution is 6.82. The summed E-state index contributed by atoms with van der Waals surface area (Å²) in [5, 5.41) is 0. The third-order valence-corrected chi connectivity index (χ3v) is 12.5. The molecule has 0 saturated heterocycles. The lowest BCUT2D eigenvalue weighted by molar-refractivity contribution is 0.0600. The highest BCUT2D eigenvalue weighted by atomic mass is 28.3. The molecule has 0 bridgehead atoms. The maximum Gasteiger partial charge on any atom is 0.337 e. The summed E-state index contributed by atoms with van der Waals surface area (Å²) >= 11 is 0. The minimum absolute atomic E-state index is 0.306. The minimum Gasteiger partial charge on any atom is -0.465 e. The van der Waals surface area contributed by atoms with Crippen LogP contribution in [0, 0.1) is 0 Å². The number of ether oxygens (including phenoxy) is 1. The smallest absolute Gasteiger partial charge is 0.337 e. The first kappa shape index (κ1) is 21.2. The van der Waals surface area contributed by atoms with Crippen LogP contribution >= 0.6 is 0 Å². The Morgan fingerprint density at radius 1 is 0.889 bits per heavy atom. The monoisotopic (exact) mass is 383 g/mol. The molecule has 2 aromatic rings. The highest BCUT2D eigenvalue weighted by Crippen LogP contribution is 2.42. The van der Waals surface area contributed by atoms with Gasteiger partial charge in [-0.15, -0.1) is 0 Å². The lowest BCUT2D eigenvalue weighted by Crippen LogP contribution is -2.51. The quantitative estimate of drug-likeness (QED) is 0.405. The topological polar surface area (TPSA) is 31.2 Å². The van der Waals surface area contributed by atoms with Crippen molar-refractivity contribution in [3.05, 3.63) is 59.4 Å². The number of rotatable bonds is 7. The molecule has 0 N–H and O–H groups in total. The first-order chi connectivity index (χ1) is 12.7. The van der Waals surface area contributed by atoms with Crippen LogP contribution in [0.4, 0.5) is 0 Å². The van der Waals surface area contributed by atoms with Crippen molar-refractivity contribution < 1.29 is 9.53 Å². The largest absolute Gasteiger partial charge is 0.465 e. The van der Waals surface area contributed by atoms with E-state index in [4.69, 9.17) is 4.74 Å². The lowest BCUT2D eigenvalue weighted by Gasteiger charge is -2.44. The normalized spacial score (nSPS) is 12.5. The molecule has 0 aliphatic heterocycles. The predicted molar refractivity (Wildman–Crippen MR) is 118 cm³/mol. The minimum atomic E-state index is -1.68. The second kappa shape index (κ2) is 8.74. The zero-order chi connectivity index (χ0) is 20.2. The van der Waals surface area contributed by atoms with Crippen LogP contribution in [0.15, 0.2) is 42.7 Å². The Bertz CT molecular complexity index is 763. The molecule has 0 saturated carbocycles. The number of hydrogen-bond acceptors (Lipinski definition) is 2. The molecule has 0 fully saturated rings. The summed E-state index contributed by atoms with van der Waals surface area (Å²) in [6.45, 7) is 14.3. The van der Waals surface area contributed by atoms with E-state index < -0.39 is 8.24 Å². The van der Waals surface area contributed by atoms with Gasteiger partial charge in [-0.3, -0.25) is 0 Å². The van der Waals surface area contributed by atoms with E-state index in [0.29, 0.717) is 22.2 Å². The fourth-order valence-electron chi connectivity index (χ4n) is 4.69. The molecule has 0 aliphatic rings. The molecule has 146 valence electrons. The molecule has 3 nitrogen and oxygen atoms in total. The van der Waals surface area contributed by atoms with E-state index in [1.807, 2.05) is 12.1 Å². The Morgan fingerprint density at radius 3 is 1.89 bits per heavy atom. The van der Waals surface area contributed by atoms with Crippen LogP contribution < -0.4 is 0 Å². The van der Waals surface area contributed by atoms with E-state index in [0.717, 1.165) is 5.56 Å². The second-order valence-corrected chi connectivity index (χ2v) is 13.9. The molecular formula is C23H33NO2Si. The molecule has 27 heavy (non-hydrogen) atoms. The summed E-state index contributed by atoms with van der Waals surface area (Å²) in [5.74, 6) is -0.306. The van der Waals surface area contributed by atoms with Gasteiger partial charge in [0.05, 0.1) is 12.7 Å². The van der Waals surface area contributed by atoms with Crippen LogP contribution in [0.5, 0.6) is 0 Å². The van der Waals surface area contributed by atoms with Crippen LogP contribution in [0.3, 0.4) is 0 Å². The van der Waals surface area contributed by atoms with Crippen molar-refractivity contribution in [2.24, 2.45) is 0 Å². The molecule has 4 heteroatoms. The van der Waals surface area contributed by atoms with Gasteiger partial charge in [0.25, 0.3) is 0 Å². The SMILES string of the molecule is COC(=O)c1ccc(/C=C/c2ccn([Si](C(C)C)(C(C)C)C(C)C)c2)cc1. The van der Waals surface area contributed by atoms with Gasteiger partial charge in [-0.25, -0.2) is 4.79 Å². The number of carbonyl (C=O) groups is 1. The van der Waals surface area contributed by atoms with Gasteiger partial charge in [-0.05, 0) is 52.1 Å². The number of carbonyl (C=O) groups excluding carboxylic acids is 1. The summed E-state index contributed by atoms with van der Waals surface area (Å²) in [6, 6.07) is 9.67. The van der Waals surface area contributed by atoms with E-state index in [1.165, 1.54) is 12.7 Å². The number of aromatic nitrogens is 1. The zero-order valence-electron chi connectivity index (χ0n) is 17.7. The molecule has 2 rings (SSSR count). The van der Waals surface area contributed by atoms with Gasteiger partial charge in [0, 0.05) is 6.20 Å². The van der Waals surface area contributed by atoms with Crippen molar-refractivity contribution in [3.63, 3.8) is 0 Å². The zero-order valence-corrected chi connectivity index (χ0v) is 18.7. The number of esters is 1. The molecule has 1 heterocycles. The third kappa shape index (κ3) is 4.27. The molecule has 0 aliphatic carbocycles. The molecule has 0 unspecified atom stereocenters. The highest BCUT2D eigenvalue weighted by Gasteiger charge is 2.44. The predicted octanol–water partition coefficient (Wildman–Crippen LogP) is 6.47. The van der Waals surface area contributed by atoms with E-state index in [9.17, 15) is 4.79 Å². The Labute approximate surface area is 165 Å². The van der Waals surface area contributed by atoms with Crippen LogP contribution in [0.2, 0.25) is 16.6 Å². The Morgan fingerprint density at radius 2 is 1.41 bits per heavy atom. The Kier molecular flexibility index (Phi) is 6.87. The van der Waals surface area contributed by atoms with Crippen molar-refractivity contribution in [1.82, 2.24) is 4.23 Å². The third-order valence-electron chi connectivity index (χ3n) is 5.74.